The summed E-state index contributed by atoms with van der Waals surface area (Å²) >= 11 is 0. The van der Waals surface area contributed by atoms with E-state index in [2.05, 4.69) is 20.6 Å². The van der Waals surface area contributed by atoms with Crippen molar-refractivity contribution in [2.24, 2.45) is 17.8 Å². The molecule has 4 aliphatic rings. The van der Waals surface area contributed by atoms with Crippen molar-refractivity contribution in [1.82, 2.24) is 30.2 Å². The molecule has 2 aliphatic carbocycles. The van der Waals surface area contributed by atoms with Crippen molar-refractivity contribution in [3.63, 3.8) is 0 Å². The zero-order chi connectivity index (χ0) is 43.3. The monoisotopic (exact) mass is 854 g/mol. The van der Waals surface area contributed by atoms with Gasteiger partial charge < -0.3 is 29.7 Å². The second-order valence-electron chi connectivity index (χ2n) is 16.8. The molecule has 1 aromatic carbocycles. The number of carbonyl (C=O) groups is 4. The van der Waals surface area contributed by atoms with Crippen LogP contribution >= 0.6 is 0 Å². The number of alkyl carbamates (subject to hydrolysis) is 1. The van der Waals surface area contributed by atoms with E-state index < -0.39 is 92.6 Å². The summed E-state index contributed by atoms with van der Waals surface area (Å²) in [5, 5.41) is 5.06. The number of fused-ring (bicyclic) bond motifs is 3. The Morgan fingerprint density at radius 3 is 2.44 bits per heavy atom. The number of nitrogens with one attached hydrogen (secondary N) is 3. The highest BCUT2D eigenvalue weighted by molar-refractivity contribution is 7.91. The fraction of sp³-hybridized carbons (Fsp3) is 0.641. The van der Waals surface area contributed by atoms with E-state index in [1.54, 1.807) is 44.2 Å². The van der Waals surface area contributed by atoms with Gasteiger partial charge in [-0.05, 0) is 83.3 Å². The molecule has 2 saturated carbocycles. The summed E-state index contributed by atoms with van der Waals surface area (Å²) in [6.07, 6.45) is -2.57. The molecule has 2 aliphatic heterocycles. The maximum absolute atomic E-state index is 14.7. The lowest BCUT2D eigenvalue weighted by Gasteiger charge is -2.34. The van der Waals surface area contributed by atoms with Crippen molar-refractivity contribution in [2.75, 3.05) is 20.3 Å². The number of ether oxygens (including phenoxy) is 3. The molecule has 4 amide bonds. The first-order chi connectivity index (χ1) is 27.5. The zero-order valence-corrected chi connectivity index (χ0v) is 34.5. The number of alkyl halides is 4. The Balaban J connectivity index is 1.35. The quantitative estimate of drug-likeness (QED) is 0.236. The summed E-state index contributed by atoms with van der Waals surface area (Å²) in [7, 11) is -2.96. The Hall–Kier alpha value is -4.75. The van der Waals surface area contributed by atoms with Gasteiger partial charge in [0.15, 0.2) is 0 Å². The number of hydrogen-bond acceptors (Lipinski definition) is 11. The summed E-state index contributed by atoms with van der Waals surface area (Å²) in [5.74, 6) is -3.49. The molecule has 2 aromatic rings. The van der Waals surface area contributed by atoms with E-state index in [1.807, 2.05) is 11.6 Å². The molecule has 15 nitrogen and oxygen atoms in total. The first kappa shape index (κ1) is 43.8. The molecule has 59 heavy (non-hydrogen) atoms. The normalized spacial score (nSPS) is 29.2. The van der Waals surface area contributed by atoms with E-state index in [0.717, 1.165) is 4.90 Å². The first-order valence-electron chi connectivity index (χ1n) is 19.5. The Bertz CT molecular complexity index is 2130. The smallest absolute Gasteiger partial charge is 0.427 e. The minimum absolute atomic E-state index is 0.00801. The van der Waals surface area contributed by atoms with Gasteiger partial charge in [0.2, 0.25) is 33.3 Å². The molecule has 0 bridgehead atoms. The van der Waals surface area contributed by atoms with Crippen molar-refractivity contribution in [1.29, 1.82) is 0 Å². The second-order valence-corrected chi connectivity index (χ2v) is 18.9. The van der Waals surface area contributed by atoms with E-state index >= 15 is 0 Å². The molecule has 3 N–H and O–H groups in total. The van der Waals surface area contributed by atoms with Gasteiger partial charge in [-0.3, -0.25) is 19.1 Å². The number of halogens is 4. The average molecular weight is 855 g/mol. The molecule has 3 heterocycles. The van der Waals surface area contributed by atoms with E-state index in [9.17, 15) is 45.2 Å². The van der Waals surface area contributed by atoms with Crippen LogP contribution < -0.4 is 24.8 Å². The Labute approximate surface area is 339 Å². The largest absolute Gasteiger partial charge is 0.497 e. The molecular formula is C39H50F4N6O9S. The number of carbonyl (C=O) groups excluding carboxylic acids is 4. The summed E-state index contributed by atoms with van der Waals surface area (Å²) in [6, 6.07) is 2.17. The third kappa shape index (κ3) is 8.92. The molecular weight excluding hydrogens is 805 g/mol. The Morgan fingerprint density at radius 1 is 1.08 bits per heavy atom. The number of allylic oxidation sites excluding steroid dienone is 1. The average Bonchev–Trinajstić information content (AvgIpc) is 4.06. The second kappa shape index (κ2) is 16.0. The van der Waals surface area contributed by atoms with Gasteiger partial charge in [0.05, 0.1) is 24.7 Å². The lowest BCUT2D eigenvalue weighted by atomic mass is 9.88. The molecule has 7 atom stereocenters. The van der Waals surface area contributed by atoms with Crippen molar-refractivity contribution in [3.8, 4) is 11.6 Å². The molecule has 0 radical (unpaired) electrons. The van der Waals surface area contributed by atoms with Crippen molar-refractivity contribution < 1.29 is 59.4 Å². The van der Waals surface area contributed by atoms with Crippen LogP contribution in [0.5, 0.6) is 11.6 Å². The third-order valence-electron chi connectivity index (χ3n) is 11.9. The Kier molecular flexibility index (Phi) is 11.9. The number of methoxy groups -OCH3 is 1. The zero-order valence-electron chi connectivity index (χ0n) is 33.7. The number of sulfonamides is 1. The lowest BCUT2D eigenvalue weighted by molar-refractivity contribution is -0.244. The SMILES string of the molecule is COc1ccc2nc(O[C@@H]3C[C@H]4C(=O)N[C@]5(C(=O)NS(=O)(=O)C6(CF)CC6)C[C@H]5/C=C\CC[C@@H](C)C[C@@H](C)[C@H](NC(=O)OC(C)(C)C(F)(F)F)C(=O)N4C3)c(C)nc2c1. The van der Waals surface area contributed by atoms with Crippen molar-refractivity contribution >= 4 is 44.9 Å². The van der Waals surface area contributed by atoms with E-state index in [1.165, 1.54) is 7.11 Å². The van der Waals surface area contributed by atoms with Crippen LogP contribution in [0.15, 0.2) is 30.4 Å². The summed E-state index contributed by atoms with van der Waals surface area (Å²) in [4.78, 5) is 66.5. The highest BCUT2D eigenvalue weighted by Crippen LogP contribution is 2.48. The fourth-order valence-electron chi connectivity index (χ4n) is 7.70. The minimum atomic E-state index is -4.93. The number of aromatic nitrogens is 2. The third-order valence-corrected chi connectivity index (χ3v) is 14.0. The van der Waals surface area contributed by atoms with Gasteiger partial charge in [-0.2, -0.15) is 13.2 Å². The number of aryl methyl sites for hydroxylation is 1. The summed E-state index contributed by atoms with van der Waals surface area (Å²) in [5.41, 5.74) is -3.34. The molecule has 20 heteroatoms. The molecule has 6 rings (SSSR count). The highest BCUT2D eigenvalue weighted by Gasteiger charge is 2.64. The lowest BCUT2D eigenvalue weighted by Crippen LogP contribution is -2.60. The first-order valence-corrected chi connectivity index (χ1v) is 21.0. The van der Waals surface area contributed by atoms with Crippen LogP contribution in [0.1, 0.15) is 78.3 Å². The van der Waals surface area contributed by atoms with Crippen LogP contribution in [0.2, 0.25) is 0 Å². The summed E-state index contributed by atoms with van der Waals surface area (Å²) < 4.78 is 98.0. The van der Waals surface area contributed by atoms with Crippen molar-refractivity contribution in [3.05, 3.63) is 36.0 Å². The van der Waals surface area contributed by atoms with Crippen LogP contribution in [0.3, 0.4) is 0 Å². The van der Waals surface area contributed by atoms with E-state index in [-0.39, 0.29) is 44.0 Å². The predicted molar refractivity (Wildman–Crippen MR) is 204 cm³/mol. The molecule has 1 saturated heterocycles. The van der Waals surface area contributed by atoms with Crippen LogP contribution in [-0.2, 0) is 29.1 Å². The minimum Gasteiger partial charge on any atom is -0.497 e. The maximum Gasteiger partial charge on any atom is 0.427 e. The van der Waals surface area contributed by atoms with Gasteiger partial charge in [-0.25, -0.2) is 27.6 Å². The van der Waals surface area contributed by atoms with Gasteiger partial charge in [-0.15, -0.1) is 0 Å². The standard InChI is InChI=1S/C39H50F4N6O9S/c1-21-9-7-8-10-24-18-38(24,34(52)48-59(54,55)37(20-40)13-14-37)47-31(50)29-17-26(57-32-23(3)44-28-16-25(56-6)11-12-27(28)45-32)19-49(29)33(51)30(22(2)15-21)46-35(53)58-36(4,5)39(41,42)43/h8,10-12,16,21-22,24,26,29-30H,7,9,13-15,17-20H2,1-6H3,(H,46,53)(H,47,50)(H,48,52)/b10-8-/t21-,22-,24-,26-,29+,30+,38-/m1/s1. The molecule has 324 valence electrons. The highest BCUT2D eigenvalue weighted by atomic mass is 32.2. The number of amides is 4. The van der Waals surface area contributed by atoms with Gasteiger partial charge in [0.1, 0.15) is 46.6 Å². The molecule has 1 aromatic heterocycles. The number of rotatable bonds is 9. The molecule has 3 fully saturated rings. The predicted octanol–water partition coefficient (Wildman–Crippen LogP) is 4.57. The van der Waals surface area contributed by atoms with Gasteiger partial charge >= 0.3 is 12.3 Å². The van der Waals surface area contributed by atoms with Crippen LogP contribution in [-0.4, -0.2) is 108 Å². The van der Waals surface area contributed by atoms with Gasteiger partial charge in [-0.1, -0.05) is 26.0 Å². The van der Waals surface area contributed by atoms with E-state index in [0.29, 0.717) is 55.6 Å². The topological polar surface area (TPSA) is 195 Å². The summed E-state index contributed by atoms with van der Waals surface area (Å²) in [6.45, 7) is 5.10. The van der Waals surface area contributed by atoms with Crippen LogP contribution in [0, 0.1) is 24.7 Å². The number of benzene rings is 1. The fourth-order valence-corrected chi connectivity index (χ4v) is 9.13. The van der Waals surface area contributed by atoms with Crippen LogP contribution in [0.4, 0.5) is 22.4 Å². The van der Waals surface area contributed by atoms with Gasteiger partial charge in [0.25, 0.3) is 5.91 Å². The Morgan fingerprint density at radius 2 is 1.80 bits per heavy atom. The number of nitrogens with zero attached hydrogens (tertiary/aromatic N) is 3. The number of hydrogen-bond donors (Lipinski definition) is 3. The van der Waals surface area contributed by atoms with Gasteiger partial charge in [0, 0.05) is 18.4 Å². The van der Waals surface area contributed by atoms with Crippen molar-refractivity contribution in [2.45, 2.75) is 120 Å². The van der Waals surface area contributed by atoms with Crippen LogP contribution in [0.25, 0.3) is 11.0 Å². The molecule has 0 unspecified atom stereocenters. The molecule has 0 spiro atoms. The van der Waals surface area contributed by atoms with E-state index in [4.69, 9.17) is 14.2 Å². The maximum atomic E-state index is 14.7.